The van der Waals surface area contributed by atoms with Gasteiger partial charge in [0.15, 0.2) is 0 Å². The average molecular weight is 463 g/mol. The third kappa shape index (κ3) is 4.40. The number of rotatable bonds is 6. The highest BCUT2D eigenvalue weighted by Crippen LogP contribution is 2.48. The lowest BCUT2D eigenvalue weighted by atomic mass is 10.1. The van der Waals surface area contributed by atoms with Crippen LogP contribution in [0.5, 0.6) is 0 Å². The largest absolute Gasteiger partial charge is 0.326 e. The van der Waals surface area contributed by atoms with Crippen LogP contribution in [0.4, 0.5) is 15.9 Å². The van der Waals surface area contributed by atoms with Crippen molar-refractivity contribution in [3.8, 4) is 0 Å². The van der Waals surface area contributed by atoms with Crippen LogP contribution in [0.15, 0.2) is 84.1 Å². The zero-order valence-corrected chi connectivity index (χ0v) is 18.1. The van der Waals surface area contributed by atoms with Crippen molar-refractivity contribution in [2.75, 3.05) is 10.0 Å². The molecule has 0 spiro atoms. The van der Waals surface area contributed by atoms with Gasteiger partial charge in [0, 0.05) is 35.6 Å². The molecule has 1 saturated carbocycles. The minimum absolute atomic E-state index is 0.0946. The maximum absolute atomic E-state index is 14.4. The molecule has 2 aromatic heterocycles. The third-order valence-corrected chi connectivity index (χ3v) is 6.98. The monoisotopic (exact) mass is 462 g/mol. The van der Waals surface area contributed by atoms with Crippen LogP contribution in [0, 0.1) is 11.7 Å². The summed E-state index contributed by atoms with van der Waals surface area (Å²) < 4.78 is 42.1. The normalized spacial score (nSPS) is 17.5. The van der Waals surface area contributed by atoms with Gasteiger partial charge in [-0.05, 0) is 65.8 Å². The standard InChI is InChI=1S/C24H19FN4O3S/c25-21-7-5-16(12-22(21)33(31,32)29-23-3-1-2-9-27-23)19-13-20(19)24(30)28-18-6-4-17-14-26-10-8-15(17)11-18/h1-12,14,19-20H,13H2,(H,27,29)(H,28,30)/t19?,20-/m1/s1. The van der Waals surface area contributed by atoms with Crippen molar-refractivity contribution in [2.45, 2.75) is 17.2 Å². The van der Waals surface area contributed by atoms with Crippen molar-refractivity contribution < 1.29 is 17.6 Å². The van der Waals surface area contributed by atoms with E-state index in [1.807, 2.05) is 24.3 Å². The molecule has 1 amide bonds. The van der Waals surface area contributed by atoms with Gasteiger partial charge in [-0.3, -0.25) is 14.5 Å². The SMILES string of the molecule is O=C(Nc1ccc2cnccc2c1)[C@@H]1CC1c1ccc(F)c(S(=O)(=O)Nc2ccccn2)c1. The lowest BCUT2D eigenvalue weighted by molar-refractivity contribution is -0.117. The fraction of sp³-hybridized carbons (Fsp3) is 0.125. The van der Waals surface area contributed by atoms with E-state index in [4.69, 9.17) is 0 Å². The molecule has 9 heteroatoms. The smallest absolute Gasteiger partial charge is 0.265 e. The van der Waals surface area contributed by atoms with E-state index in [1.165, 1.54) is 24.4 Å². The minimum atomic E-state index is -4.17. The molecule has 166 valence electrons. The molecule has 0 bridgehead atoms. The highest BCUT2D eigenvalue weighted by molar-refractivity contribution is 7.92. The molecule has 0 radical (unpaired) electrons. The number of nitrogens with zero attached hydrogens (tertiary/aromatic N) is 2. The van der Waals surface area contributed by atoms with E-state index < -0.39 is 20.7 Å². The zero-order valence-electron chi connectivity index (χ0n) is 17.3. The van der Waals surface area contributed by atoms with Crippen LogP contribution >= 0.6 is 0 Å². The predicted molar refractivity (Wildman–Crippen MR) is 123 cm³/mol. The van der Waals surface area contributed by atoms with Crippen molar-refractivity contribution in [3.05, 3.63) is 90.6 Å². The number of sulfonamides is 1. The lowest BCUT2D eigenvalue weighted by Crippen LogP contribution is -2.16. The van der Waals surface area contributed by atoms with E-state index in [0.717, 1.165) is 16.8 Å². The van der Waals surface area contributed by atoms with Crippen LogP contribution in [0.25, 0.3) is 10.8 Å². The molecule has 7 nitrogen and oxygen atoms in total. The van der Waals surface area contributed by atoms with E-state index in [1.54, 1.807) is 24.5 Å². The second-order valence-electron chi connectivity index (χ2n) is 7.89. The number of aromatic nitrogens is 2. The lowest BCUT2D eigenvalue weighted by Gasteiger charge is -2.10. The van der Waals surface area contributed by atoms with E-state index in [0.29, 0.717) is 17.7 Å². The average Bonchev–Trinajstić information content (AvgIpc) is 3.61. The van der Waals surface area contributed by atoms with Crippen LogP contribution in [-0.2, 0) is 14.8 Å². The number of carbonyl (C=O) groups excluding carboxylic acids is 1. The van der Waals surface area contributed by atoms with E-state index in [-0.39, 0.29) is 23.6 Å². The molecule has 2 heterocycles. The summed E-state index contributed by atoms with van der Waals surface area (Å²) >= 11 is 0. The number of amides is 1. The molecule has 0 saturated heterocycles. The third-order valence-electron chi connectivity index (χ3n) is 5.61. The number of benzene rings is 2. The topological polar surface area (TPSA) is 101 Å². The fourth-order valence-electron chi connectivity index (χ4n) is 3.82. The summed E-state index contributed by atoms with van der Waals surface area (Å²) in [5.74, 6) is -1.43. The van der Waals surface area contributed by atoms with Crippen LogP contribution in [-0.4, -0.2) is 24.3 Å². The van der Waals surface area contributed by atoms with Gasteiger partial charge in [-0.1, -0.05) is 18.2 Å². The Morgan fingerprint density at radius 2 is 1.88 bits per heavy atom. The van der Waals surface area contributed by atoms with E-state index in [2.05, 4.69) is 20.0 Å². The van der Waals surface area contributed by atoms with Gasteiger partial charge in [0.25, 0.3) is 10.0 Å². The summed E-state index contributed by atoms with van der Waals surface area (Å²) in [5.41, 5.74) is 1.27. The zero-order chi connectivity index (χ0) is 23.0. The van der Waals surface area contributed by atoms with Crippen LogP contribution < -0.4 is 10.0 Å². The fourth-order valence-corrected chi connectivity index (χ4v) is 4.94. The molecular weight excluding hydrogens is 443 g/mol. The molecule has 0 aliphatic heterocycles. The Labute approximate surface area is 189 Å². The highest BCUT2D eigenvalue weighted by Gasteiger charge is 2.44. The molecule has 2 aromatic carbocycles. The quantitative estimate of drug-likeness (QED) is 0.445. The number of anilines is 2. The summed E-state index contributed by atoms with van der Waals surface area (Å²) in [6.45, 7) is 0. The van der Waals surface area contributed by atoms with Gasteiger partial charge in [-0.2, -0.15) is 0 Å². The van der Waals surface area contributed by atoms with Crippen LogP contribution in [0.2, 0.25) is 0 Å². The van der Waals surface area contributed by atoms with Crippen molar-refractivity contribution in [3.63, 3.8) is 0 Å². The number of hydrogen-bond donors (Lipinski definition) is 2. The van der Waals surface area contributed by atoms with Gasteiger partial charge >= 0.3 is 0 Å². The molecule has 1 unspecified atom stereocenters. The van der Waals surface area contributed by atoms with Crippen molar-refractivity contribution in [2.24, 2.45) is 5.92 Å². The highest BCUT2D eigenvalue weighted by atomic mass is 32.2. The maximum Gasteiger partial charge on any atom is 0.265 e. The van der Waals surface area contributed by atoms with Gasteiger partial charge in [-0.25, -0.2) is 17.8 Å². The molecule has 33 heavy (non-hydrogen) atoms. The van der Waals surface area contributed by atoms with Gasteiger partial charge < -0.3 is 5.32 Å². The minimum Gasteiger partial charge on any atom is -0.326 e. The molecule has 4 aromatic rings. The maximum atomic E-state index is 14.4. The Morgan fingerprint density at radius 1 is 1.00 bits per heavy atom. The van der Waals surface area contributed by atoms with Gasteiger partial charge in [0.1, 0.15) is 16.5 Å². The number of hydrogen-bond acceptors (Lipinski definition) is 5. The van der Waals surface area contributed by atoms with Crippen molar-refractivity contribution >= 4 is 38.2 Å². The van der Waals surface area contributed by atoms with Gasteiger partial charge in [0.05, 0.1) is 0 Å². The number of pyridine rings is 2. The van der Waals surface area contributed by atoms with Crippen LogP contribution in [0.3, 0.4) is 0 Å². The Balaban J connectivity index is 1.32. The summed E-state index contributed by atoms with van der Waals surface area (Å²) in [4.78, 5) is 20.3. The van der Waals surface area contributed by atoms with E-state index in [9.17, 15) is 17.6 Å². The Bertz CT molecular complexity index is 1460. The molecule has 5 rings (SSSR count). The molecule has 1 aliphatic rings. The number of carbonyl (C=O) groups is 1. The number of halogens is 1. The molecular formula is C24H19FN4O3S. The Kier molecular flexibility index (Phi) is 5.26. The van der Waals surface area contributed by atoms with Gasteiger partial charge in [0.2, 0.25) is 5.91 Å². The summed E-state index contributed by atoms with van der Waals surface area (Å²) in [7, 11) is -4.17. The first kappa shape index (κ1) is 21.0. The molecule has 2 N–H and O–H groups in total. The first-order valence-electron chi connectivity index (χ1n) is 10.3. The first-order valence-corrected chi connectivity index (χ1v) is 11.8. The Hall–Kier alpha value is -3.85. The second-order valence-corrected chi connectivity index (χ2v) is 9.54. The van der Waals surface area contributed by atoms with Crippen molar-refractivity contribution in [1.82, 2.24) is 9.97 Å². The van der Waals surface area contributed by atoms with E-state index >= 15 is 0 Å². The summed E-state index contributed by atoms with van der Waals surface area (Å²) in [6, 6.07) is 16.1. The summed E-state index contributed by atoms with van der Waals surface area (Å²) in [5, 5.41) is 4.85. The van der Waals surface area contributed by atoms with Gasteiger partial charge in [-0.15, -0.1) is 0 Å². The molecule has 1 fully saturated rings. The molecule has 2 atom stereocenters. The second kappa shape index (κ2) is 8.25. The number of fused-ring (bicyclic) bond motifs is 1. The number of nitrogens with one attached hydrogen (secondary N) is 2. The molecule has 1 aliphatic carbocycles. The Morgan fingerprint density at radius 3 is 2.70 bits per heavy atom. The van der Waals surface area contributed by atoms with Crippen molar-refractivity contribution in [1.29, 1.82) is 0 Å². The summed E-state index contributed by atoms with van der Waals surface area (Å²) in [6.07, 6.45) is 5.43. The first-order chi connectivity index (χ1) is 15.9. The predicted octanol–water partition coefficient (Wildman–Crippen LogP) is 4.31. The van der Waals surface area contributed by atoms with Crippen LogP contribution in [0.1, 0.15) is 17.9 Å².